The van der Waals surface area contributed by atoms with Gasteiger partial charge in [0, 0.05) is 82.7 Å². The summed E-state index contributed by atoms with van der Waals surface area (Å²) in [6.45, 7) is 8.04. The molecule has 3 aromatic heterocycles. The van der Waals surface area contributed by atoms with Crippen molar-refractivity contribution >= 4 is 57.0 Å². The molecule has 13 heteroatoms. The van der Waals surface area contributed by atoms with Crippen molar-refractivity contribution in [3.05, 3.63) is 87.7 Å². The van der Waals surface area contributed by atoms with Crippen molar-refractivity contribution in [2.24, 2.45) is 17.8 Å². The van der Waals surface area contributed by atoms with Gasteiger partial charge in [-0.3, -0.25) is 9.78 Å². The average molecular weight is 836 g/mol. The first-order valence-electron chi connectivity index (χ1n) is 20.7. The first kappa shape index (κ1) is 38.3. The maximum absolute atomic E-state index is 17.5. The summed E-state index contributed by atoms with van der Waals surface area (Å²) in [5.74, 6) is 0.417. The molecule has 0 unspecified atom stereocenters. The number of carbonyl (C=O) groups excluding carboxylic acids is 2. The highest BCUT2D eigenvalue weighted by molar-refractivity contribution is 6.43. The molecule has 11 rings (SSSR count). The predicted octanol–water partition coefficient (Wildman–Crippen LogP) is 10.2. The third-order valence-corrected chi connectivity index (χ3v) is 14.1. The molecule has 3 saturated heterocycles. The van der Waals surface area contributed by atoms with E-state index in [1.807, 2.05) is 50.8 Å². The molecular weight excluding hydrogens is 790 g/mol. The van der Waals surface area contributed by atoms with Crippen molar-refractivity contribution in [1.82, 2.24) is 24.3 Å². The smallest absolute Gasteiger partial charge is 0.410 e. The normalized spacial score (nSPS) is 25.8. The van der Waals surface area contributed by atoms with Gasteiger partial charge in [-0.15, -0.1) is 0 Å². The van der Waals surface area contributed by atoms with E-state index in [4.69, 9.17) is 37.7 Å². The Morgan fingerprint density at radius 3 is 2.61 bits per heavy atom. The number of fused-ring (bicyclic) bond motifs is 6. The number of aryl methyl sites for hydroxylation is 2. The van der Waals surface area contributed by atoms with E-state index < -0.39 is 11.4 Å². The molecule has 7 atom stereocenters. The number of hydrogen-bond donors (Lipinski definition) is 0. The number of ether oxygens (including phenoxy) is 2. The van der Waals surface area contributed by atoms with Gasteiger partial charge < -0.3 is 23.8 Å². The minimum atomic E-state index is -0.666. The Bertz CT molecular complexity index is 2600. The summed E-state index contributed by atoms with van der Waals surface area (Å²) in [5, 5.41) is 11.7. The molecular formula is C46H45Cl2FN6O4. The number of pyridine rings is 2. The number of nitriles is 1. The molecule has 0 radical (unpaired) electrons. The van der Waals surface area contributed by atoms with Crippen molar-refractivity contribution in [3.63, 3.8) is 0 Å². The lowest BCUT2D eigenvalue weighted by Gasteiger charge is -2.43. The molecule has 5 aromatic rings. The molecule has 2 aromatic carbocycles. The second kappa shape index (κ2) is 14.1. The third kappa shape index (κ3) is 6.23. The Balaban J connectivity index is 1.21. The van der Waals surface area contributed by atoms with Crippen LogP contribution in [0.1, 0.15) is 88.3 Å². The molecule has 3 aliphatic heterocycles. The number of hydrogen-bond acceptors (Lipinski definition) is 7. The highest BCUT2D eigenvalue weighted by atomic mass is 35.5. The van der Waals surface area contributed by atoms with Crippen LogP contribution in [0.2, 0.25) is 10.0 Å². The van der Waals surface area contributed by atoms with Crippen LogP contribution in [0, 0.1) is 41.8 Å². The van der Waals surface area contributed by atoms with Crippen LogP contribution < -0.4 is 4.74 Å². The minimum absolute atomic E-state index is 0.00129. The van der Waals surface area contributed by atoms with Crippen molar-refractivity contribution < 1.29 is 23.5 Å². The highest BCUT2D eigenvalue weighted by Crippen LogP contribution is 2.58. The van der Waals surface area contributed by atoms with Gasteiger partial charge in [0.2, 0.25) is 5.91 Å². The topological polar surface area (TPSA) is 114 Å². The van der Waals surface area contributed by atoms with Crippen molar-refractivity contribution in [2.75, 3.05) is 6.54 Å². The maximum Gasteiger partial charge on any atom is 0.410 e. The second-order valence-electron chi connectivity index (χ2n) is 18.1. The van der Waals surface area contributed by atoms with Gasteiger partial charge in [0.1, 0.15) is 23.0 Å². The number of benzene rings is 2. The molecule has 304 valence electrons. The van der Waals surface area contributed by atoms with Crippen LogP contribution in [0.25, 0.3) is 32.9 Å². The number of halogens is 3. The minimum Gasteiger partial charge on any atom is -0.488 e. The van der Waals surface area contributed by atoms with Crippen LogP contribution in [0.3, 0.4) is 0 Å². The molecule has 3 saturated carbocycles. The molecule has 10 nitrogen and oxygen atoms in total. The fraction of sp³-hybridized carbons (Fsp3) is 0.457. The number of amides is 2. The van der Waals surface area contributed by atoms with Crippen molar-refractivity contribution in [2.45, 2.75) is 109 Å². The standard InChI is InChI=1S/C46H45Cl2FN6O4/c1-23-30-20-35(43-31-18-27(54(43)44(56)24-12-13-24)19-36(31)58-28-9-7-15-51-21-28)55(41-26-17-34(41)53(22-26)45(57)59-46(2,3)4)42(30)32-16-25(8-6-14-50)37(39(49)40(32)52-23)29-10-5-11-33(47)38(29)48/h5,7,9-11,15-16,20-21,24,26-27,31,34,36,41,43H,6,8,12-13,17-19,22H2,1-4H3/t26-,27-,31+,34-,36+,41+,43-/m1/s1. The van der Waals surface area contributed by atoms with E-state index in [0.717, 1.165) is 48.7 Å². The maximum atomic E-state index is 17.5. The van der Waals surface area contributed by atoms with Crippen LogP contribution in [0.15, 0.2) is 54.9 Å². The summed E-state index contributed by atoms with van der Waals surface area (Å²) in [7, 11) is 0. The fourth-order valence-corrected chi connectivity index (χ4v) is 11.1. The van der Waals surface area contributed by atoms with E-state index in [1.165, 1.54) is 0 Å². The first-order valence-corrected chi connectivity index (χ1v) is 21.4. The number of piperidine rings is 1. The third-order valence-electron chi connectivity index (χ3n) is 13.2. The Labute approximate surface area is 352 Å². The van der Waals surface area contributed by atoms with Gasteiger partial charge in [-0.1, -0.05) is 35.3 Å². The lowest BCUT2D eigenvalue weighted by atomic mass is 9.79. The van der Waals surface area contributed by atoms with E-state index in [0.29, 0.717) is 39.5 Å². The Hall–Kier alpha value is -4.92. The van der Waals surface area contributed by atoms with Gasteiger partial charge in [-0.2, -0.15) is 5.26 Å². The Morgan fingerprint density at radius 1 is 1.07 bits per heavy atom. The SMILES string of the molecule is Cc1nc2c(F)c(-c3cccc(Cl)c3Cl)c(CCC#N)cc2c2c1cc([C@H]1[C@H]3C[C@H](C[C@@H]3Oc3cccnc3)N1C(=O)C1CC1)n2[C@H]1[C@@H]2C[C@H]1N(C(=O)OC(C)(C)C)C2. The molecule has 4 bridgehead atoms. The first-order chi connectivity index (χ1) is 28.3. The summed E-state index contributed by atoms with van der Waals surface area (Å²) in [5.41, 5.74) is 3.23. The van der Waals surface area contributed by atoms with Gasteiger partial charge in [0.05, 0.1) is 46.0 Å². The number of likely N-dealkylation sites (tertiary alicyclic amines) is 1. The van der Waals surface area contributed by atoms with Gasteiger partial charge >= 0.3 is 6.09 Å². The number of carbonyl (C=O) groups is 2. The summed E-state index contributed by atoms with van der Waals surface area (Å²) < 4.78 is 32.5. The van der Waals surface area contributed by atoms with E-state index in [-0.39, 0.29) is 89.0 Å². The lowest BCUT2D eigenvalue weighted by molar-refractivity contribution is -0.138. The van der Waals surface area contributed by atoms with Crippen LogP contribution in [-0.4, -0.2) is 66.7 Å². The molecule has 6 fully saturated rings. The molecule has 3 aliphatic carbocycles. The molecule has 2 amide bonds. The summed E-state index contributed by atoms with van der Waals surface area (Å²) >= 11 is 13.2. The molecule has 59 heavy (non-hydrogen) atoms. The van der Waals surface area contributed by atoms with Crippen LogP contribution in [-0.2, 0) is 16.0 Å². The van der Waals surface area contributed by atoms with Gasteiger partial charge in [-0.05, 0) is 95.7 Å². The fourth-order valence-electron chi connectivity index (χ4n) is 10.7. The predicted molar refractivity (Wildman–Crippen MR) is 223 cm³/mol. The van der Waals surface area contributed by atoms with Gasteiger partial charge in [-0.25, -0.2) is 14.2 Å². The number of rotatable bonds is 8. The average Bonchev–Trinajstić information content (AvgIpc) is 3.50. The van der Waals surface area contributed by atoms with E-state index in [2.05, 4.69) is 26.6 Å². The second-order valence-corrected chi connectivity index (χ2v) is 18.8. The quantitative estimate of drug-likeness (QED) is 0.153. The number of aromatic nitrogens is 3. The van der Waals surface area contributed by atoms with E-state index in [1.54, 1.807) is 30.6 Å². The molecule has 0 N–H and O–H groups in total. The molecule has 0 spiro atoms. The van der Waals surface area contributed by atoms with Gasteiger partial charge in [0.25, 0.3) is 0 Å². The summed E-state index contributed by atoms with van der Waals surface area (Å²) in [6, 6.07) is 14.6. The largest absolute Gasteiger partial charge is 0.488 e. The zero-order valence-electron chi connectivity index (χ0n) is 33.4. The zero-order valence-corrected chi connectivity index (χ0v) is 34.9. The summed E-state index contributed by atoms with van der Waals surface area (Å²) in [4.78, 5) is 41.4. The lowest BCUT2D eigenvalue weighted by Crippen LogP contribution is -2.48. The zero-order chi connectivity index (χ0) is 41.1. The number of nitrogens with zero attached hydrogens (tertiary/aromatic N) is 6. The van der Waals surface area contributed by atoms with Crippen molar-refractivity contribution in [3.8, 4) is 22.9 Å². The Kier molecular flexibility index (Phi) is 9.15. The monoisotopic (exact) mass is 834 g/mol. The van der Waals surface area contributed by atoms with Crippen LogP contribution >= 0.6 is 23.2 Å². The summed E-state index contributed by atoms with van der Waals surface area (Å²) in [6.07, 6.45) is 7.46. The molecule has 6 heterocycles. The highest BCUT2D eigenvalue weighted by Gasteiger charge is 2.60. The van der Waals surface area contributed by atoms with Crippen LogP contribution in [0.4, 0.5) is 9.18 Å². The Morgan fingerprint density at radius 2 is 1.88 bits per heavy atom. The van der Waals surface area contributed by atoms with Crippen LogP contribution in [0.5, 0.6) is 5.75 Å². The van der Waals surface area contributed by atoms with Crippen molar-refractivity contribution in [1.29, 1.82) is 5.26 Å². The van der Waals surface area contributed by atoms with Gasteiger partial charge in [0.15, 0.2) is 5.82 Å². The molecule has 6 aliphatic rings. The van der Waals surface area contributed by atoms with E-state index in [9.17, 15) is 14.9 Å². The van der Waals surface area contributed by atoms with E-state index >= 15 is 4.39 Å².